The third-order valence-corrected chi connectivity index (χ3v) is 7.61. The van der Waals surface area contributed by atoms with Gasteiger partial charge >= 0.3 is 0 Å². The largest absolute Gasteiger partial charge is 0.373 e. The molecule has 1 aliphatic heterocycles. The second kappa shape index (κ2) is 10.5. The Kier molecular flexibility index (Phi) is 7.35. The minimum Gasteiger partial charge on any atom is -0.373 e. The lowest BCUT2D eigenvalue weighted by molar-refractivity contribution is -0.116. The van der Waals surface area contributed by atoms with Crippen LogP contribution in [0.1, 0.15) is 19.4 Å². The maximum atomic E-state index is 13.5. The number of sulfonamides is 1. The summed E-state index contributed by atoms with van der Waals surface area (Å²) in [4.78, 5) is 12.3. The quantitative estimate of drug-likeness (QED) is 0.407. The fourth-order valence-corrected chi connectivity index (χ4v) is 5.79. The van der Waals surface area contributed by atoms with Crippen molar-refractivity contribution in [2.45, 2.75) is 31.0 Å². The standard InChI is InChI=1S/C26H27N5O4S/c1-18-15-30(16-19(2)35-18)36(33,34)24-11-7-8-20(13-24)25-22(12-21(14-27)26(32)28-3)17-31(29-25)23-9-5-4-6-10-23/h4-13,17-19H,15-16H2,1-3H3,(H,28,32)/b21-12+/t18-,19-/m0/s1. The van der Waals surface area contributed by atoms with Gasteiger partial charge in [0.1, 0.15) is 17.3 Å². The predicted octanol–water partition coefficient (Wildman–Crippen LogP) is 2.99. The van der Waals surface area contributed by atoms with Gasteiger partial charge in [-0.05, 0) is 44.2 Å². The van der Waals surface area contributed by atoms with Gasteiger partial charge in [-0.25, -0.2) is 13.1 Å². The number of amides is 1. The highest BCUT2D eigenvalue weighted by Crippen LogP contribution is 2.29. The molecule has 0 radical (unpaired) electrons. The summed E-state index contributed by atoms with van der Waals surface area (Å²) in [5, 5.41) is 16.7. The first-order valence-electron chi connectivity index (χ1n) is 11.5. The fraction of sp³-hybridized carbons (Fsp3) is 0.269. The van der Waals surface area contributed by atoms with Gasteiger partial charge in [0.05, 0.1) is 22.8 Å². The van der Waals surface area contributed by atoms with E-state index in [1.165, 1.54) is 17.4 Å². The molecule has 186 valence electrons. The van der Waals surface area contributed by atoms with E-state index in [1.54, 1.807) is 35.1 Å². The van der Waals surface area contributed by atoms with E-state index in [0.29, 0.717) is 16.8 Å². The number of morpholine rings is 1. The Bertz CT molecular complexity index is 1430. The second-order valence-electron chi connectivity index (χ2n) is 8.57. The van der Waals surface area contributed by atoms with Crippen LogP contribution in [0.25, 0.3) is 23.0 Å². The molecule has 4 rings (SSSR count). The summed E-state index contributed by atoms with van der Waals surface area (Å²) < 4.78 is 35.7. The Morgan fingerprint density at radius 3 is 2.47 bits per heavy atom. The van der Waals surface area contributed by atoms with E-state index in [2.05, 4.69) is 10.4 Å². The van der Waals surface area contributed by atoms with E-state index >= 15 is 0 Å². The Morgan fingerprint density at radius 2 is 1.83 bits per heavy atom. The molecular weight excluding hydrogens is 478 g/mol. The summed E-state index contributed by atoms with van der Waals surface area (Å²) in [7, 11) is -2.33. The van der Waals surface area contributed by atoms with Crippen molar-refractivity contribution in [3.05, 3.63) is 71.9 Å². The number of benzene rings is 2. The van der Waals surface area contributed by atoms with Gasteiger partial charge in [-0.2, -0.15) is 14.7 Å². The molecule has 0 saturated carbocycles. The zero-order valence-corrected chi connectivity index (χ0v) is 21.1. The van der Waals surface area contributed by atoms with Crippen molar-refractivity contribution in [2.75, 3.05) is 20.1 Å². The molecule has 2 atom stereocenters. The molecule has 9 nitrogen and oxygen atoms in total. The first-order valence-corrected chi connectivity index (χ1v) is 12.9. The number of hydrogen-bond donors (Lipinski definition) is 1. The van der Waals surface area contributed by atoms with Crippen molar-refractivity contribution in [3.63, 3.8) is 0 Å². The van der Waals surface area contributed by atoms with E-state index in [-0.39, 0.29) is 35.8 Å². The number of nitrogens with zero attached hydrogens (tertiary/aromatic N) is 4. The van der Waals surface area contributed by atoms with E-state index in [1.807, 2.05) is 50.2 Å². The second-order valence-corrected chi connectivity index (χ2v) is 10.5. The Hall–Kier alpha value is -3.78. The van der Waals surface area contributed by atoms with Gasteiger partial charge in [-0.1, -0.05) is 30.3 Å². The number of likely N-dealkylation sites (N-methyl/N-ethyl adjacent to an activating group) is 1. The molecule has 1 aliphatic rings. The number of rotatable bonds is 6. The molecule has 0 spiro atoms. The van der Waals surface area contributed by atoms with Crippen LogP contribution in [0.4, 0.5) is 0 Å². The number of para-hydroxylation sites is 1. The molecule has 2 heterocycles. The average molecular weight is 506 g/mol. The van der Waals surface area contributed by atoms with Gasteiger partial charge in [0.25, 0.3) is 5.91 Å². The smallest absolute Gasteiger partial charge is 0.261 e. The summed E-state index contributed by atoms with van der Waals surface area (Å²) in [5.74, 6) is -0.525. The van der Waals surface area contributed by atoms with Gasteiger partial charge < -0.3 is 10.1 Å². The zero-order chi connectivity index (χ0) is 25.9. The number of hydrogen-bond acceptors (Lipinski definition) is 6. The van der Waals surface area contributed by atoms with E-state index in [0.717, 1.165) is 5.69 Å². The molecule has 1 aromatic heterocycles. The normalized spacial score (nSPS) is 19.0. The molecule has 0 bridgehead atoms. The molecular formula is C26H27N5O4S. The summed E-state index contributed by atoms with van der Waals surface area (Å²) >= 11 is 0. The molecule has 2 aromatic carbocycles. The van der Waals surface area contributed by atoms with Crippen molar-refractivity contribution in [2.24, 2.45) is 0 Å². The number of nitrogens with one attached hydrogen (secondary N) is 1. The van der Waals surface area contributed by atoms with Crippen molar-refractivity contribution in [3.8, 4) is 23.0 Å². The van der Waals surface area contributed by atoms with Gasteiger partial charge in [0, 0.05) is 37.5 Å². The molecule has 0 unspecified atom stereocenters. The van der Waals surface area contributed by atoms with Gasteiger partial charge in [-0.3, -0.25) is 4.79 Å². The number of carbonyl (C=O) groups excluding carboxylic acids is 1. The minimum atomic E-state index is -3.77. The maximum Gasteiger partial charge on any atom is 0.261 e. The lowest BCUT2D eigenvalue weighted by atomic mass is 10.1. The van der Waals surface area contributed by atoms with E-state index < -0.39 is 15.9 Å². The average Bonchev–Trinajstić information content (AvgIpc) is 3.30. The first kappa shape index (κ1) is 25.3. The maximum absolute atomic E-state index is 13.5. The molecule has 0 aliphatic carbocycles. The molecule has 1 saturated heterocycles. The van der Waals surface area contributed by atoms with Gasteiger partial charge in [-0.15, -0.1) is 0 Å². The molecule has 3 aromatic rings. The first-order chi connectivity index (χ1) is 17.2. The summed E-state index contributed by atoms with van der Waals surface area (Å²) in [6, 6.07) is 17.8. The van der Waals surface area contributed by atoms with Gasteiger partial charge in [0.15, 0.2) is 0 Å². The number of nitriles is 1. The van der Waals surface area contributed by atoms with Crippen molar-refractivity contribution in [1.29, 1.82) is 5.26 Å². The number of aromatic nitrogens is 2. The molecule has 1 N–H and O–H groups in total. The predicted molar refractivity (Wildman–Crippen MR) is 135 cm³/mol. The zero-order valence-electron chi connectivity index (χ0n) is 20.2. The van der Waals surface area contributed by atoms with E-state index in [4.69, 9.17) is 4.74 Å². The molecule has 1 fully saturated rings. The van der Waals surface area contributed by atoms with Crippen LogP contribution in [0.5, 0.6) is 0 Å². The van der Waals surface area contributed by atoms with Crippen molar-refractivity contribution < 1.29 is 17.9 Å². The van der Waals surface area contributed by atoms with Crippen LogP contribution in [0.15, 0.2) is 71.3 Å². The summed E-state index contributed by atoms with van der Waals surface area (Å²) in [6.45, 7) is 4.24. The Morgan fingerprint density at radius 1 is 1.14 bits per heavy atom. The van der Waals surface area contributed by atoms with Crippen LogP contribution in [0, 0.1) is 11.3 Å². The summed E-state index contributed by atoms with van der Waals surface area (Å²) in [6.07, 6.45) is 2.74. The van der Waals surface area contributed by atoms with Crippen molar-refractivity contribution in [1.82, 2.24) is 19.4 Å². The monoisotopic (exact) mass is 505 g/mol. The SMILES string of the molecule is CNC(=O)/C(C#N)=C/c1cn(-c2ccccc2)nc1-c1cccc(S(=O)(=O)N2C[C@H](C)O[C@@H](C)C2)c1. The van der Waals surface area contributed by atoms with Crippen LogP contribution in [-0.2, 0) is 19.6 Å². The lowest BCUT2D eigenvalue weighted by Gasteiger charge is -2.34. The number of ether oxygens (including phenoxy) is 1. The van der Waals surface area contributed by atoms with Crippen LogP contribution in [0.3, 0.4) is 0 Å². The third-order valence-electron chi connectivity index (χ3n) is 5.79. The highest BCUT2D eigenvalue weighted by molar-refractivity contribution is 7.89. The van der Waals surface area contributed by atoms with Crippen molar-refractivity contribution >= 4 is 22.0 Å². The Balaban J connectivity index is 1.81. The van der Waals surface area contributed by atoms with Gasteiger partial charge in [0.2, 0.25) is 10.0 Å². The highest BCUT2D eigenvalue weighted by Gasteiger charge is 2.32. The van der Waals surface area contributed by atoms with Crippen LogP contribution in [-0.4, -0.2) is 60.8 Å². The topological polar surface area (TPSA) is 117 Å². The molecule has 10 heteroatoms. The van der Waals surface area contributed by atoms with Crippen LogP contribution >= 0.6 is 0 Å². The Labute approximate surface area is 210 Å². The van der Waals surface area contributed by atoms with E-state index in [9.17, 15) is 18.5 Å². The fourth-order valence-electron chi connectivity index (χ4n) is 4.15. The van der Waals surface area contributed by atoms with Crippen LogP contribution in [0.2, 0.25) is 0 Å². The molecule has 1 amide bonds. The number of carbonyl (C=O) groups is 1. The highest BCUT2D eigenvalue weighted by atomic mass is 32.2. The lowest BCUT2D eigenvalue weighted by Crippen LogP contribution is -2.48. The third kappa shape index (κ3) is 5.23. The minimum absolute atomic E-state index is 0.0913. The van der Waals surface area contributed by atoms with Crippen LogP contribution < -0.4 is 5.32 Å². The summed E-state index contributed by atoms with van der Waals surface area (Å²) in [5.41, 5.74) is 2.17. The molecule has 36 heavy (non-hydrogen) atoms.